The summed E-state index contributed by atoms with van der Waals surface area (Å²) in [6.07, 6.45) is 0.547. The Morgan fingerprint density at radius 1 is 1.42 bits per heavy atom. The summed E-state index contributed by atoms with van der Waals surface area (Å²) in [6.45, 7) is 1.55. The minimum absolute atomic E-state index is 0.0518. The van der Waals surface area contributed by atoms with Crippen LogP contribution in [0.2, 0.25) is 0 Å². The number of aliphatic hydroxyl groups excluding tert-OH is 2. The van der Waals surface area contributed by atoms with Crippen molar-refractivity contribution in [3.8, 4) is 0 Å². The van der Waals surface area contributed by atoms with Crippen LogP contribution >= 0.6 is 0 Å². The van der Waals surface area contributed by atoms with Gasteiger partial charge in [-0.05, 0) is 31.8 Å². The predicted molar refractivity (Wildman–Crippen MR) is 63.8 cm³/mol. The molecule has 0 bridgehead atoms. The van der Waals surface area contributed by atoms with E-state index in [4.69, 9.17) is 0 Å². The topological polar surface area (TPSA) is 98.1 Å². The molecule has 5 atom stereocenters. The van der Waals surface area contributed by atoms with Gasteiger partial charge in [-0.3, -0.25) is 4.79 Å². The number of hydrogen-bond acceptors (Lipinski definition) is 4. The Labute approximate surface area is 110 Å². The van der Waals surface area contributed by atoms with Crippen LogP contribution in [0.1, 0.15) is 26.2 Å². The Morgan fingerprint density at radius 3 is 2.68 bits per heavy atom. The summed E-state index contributed by atoms with van der Waals surface area (Å²) in [5, 5.41) is 29.1. The Hall–Kier alpha value is -1.40. The molecule has 6 heteroatoms. The fraction of sp³-hybridized carbons (Fsp3) is 0.692. The quantitative estimate of drug-likeness (QED) is 0.597. The minimum atomic E-state index is -1.17. The number of aliphatic hydroxyl groups is 2. The zero-order valence-electron chi connectivity index (χ0n) is 10.6. The third kappa shape index (κ3) is 1.50. The smallest absolute Gasteiger partial charge is 0.352 e. The molecular formula is C13H17NO5. The van der Waals surface area contributed by atoms with Crippen molar-refractivity contribution in [3.05, 3.63) is 11.3 Å². The van der Waals surface area contributed by atoms with Gasteiger partial charge in [-0.1, -0.05) is 0 Å². The number of amides is 1. The van der Waals surface area contributed by atoms with Crippen molar-refractivity contribution in [3.63, 3.8) is 0 Å². The number of rotatable bonds is 2. The number of nitrogens with zero attached hydrogens (tertiary/aromatic N) is 1. The Morgan fingerprint density at radius 2 is 2.11 bits per heavy atom. The highest BCUT2D eigenvalue weighted by Gasteiger charge is 2.62. The van der Waals surface area contributed by atoms with Crippen LogP contribution in [-0.4, -0.2) is 50.3 Å². The molecule has 1 saturated carbocycles. The number of carbonyl (C=O) groups is 2. The number of fused-ring (bicyclic) bond motifs is 3. The molecule has 3 N–H and O–H groups in total. The molecule has 3 aliphatic rings. The van der Waals surface area contributed by atoms with Crippen molar-refractivity contribution in [1.29, 1.82) is 0 Å². The maximum Gasteiger partial charge on any atom is 0.352 e. The SMILES string of the molecule is CC(O)[C@H]1C(=O)N2C(C(=O)O)=C3[C@@H](CCC[C@@H]3O)C12. The normalized spacial score (nSPS) is 38.7. The molecule has 2 aliphatic heterocycles. The Balaban J connectivity index is 2.04. The Bertz CT molecular complexity index is 483. The van der Waals surface area contributed by atoms with Gasteiger partial charge in [0, 0.05) is 5.92 Å². The molecule has 3 rings (SSSR count). The van der Waals surface area contributed by atoms with E-state index in [-0.39, 0.29) is 23.6 Å². The van der Waals surface area contributed by atoms with Gasteiger partial charge in [-0.2, -0.15) is 0 Å². The van der Waals surface area contributed by atoms with Crippen molar-refractivity contribution in [1.82, 2.24) is 4.90 Å². The molecule has 2 heterocycles. The summed E-state index contributed by atoms with van der Waals surface area (Å²) in [5.74, 6) is -2.17. The monoisotopic (exact) mass is 267 g/mol. The summed E-state index contributed by atoms with van der Waals surface area (Å²) in [4.78, 5) is 24.7. The molecule has 0 radical (unpaired) electrons. The first-order valence-corrected chi connectivity index (χ1v) is 6.61. The van der Waals surface area contributed by atoms with Crippen molar-refractivity contribution in [2.24, 2.45) is 11.8 Å². The highest BCUT2D eigenvalue weighted by molar-refractivity contribution is 6.00. The van der Waals surface area contributed by atoms with E-state index in [2.05, 4.69) is 0 Å². The van der Waals surface area contributed by atoms with Crippen LogP contribution in [0.4, 0.5) is 0 Å². The molecule has 2 unspecified atom stereocenters. The van der Waals surface area contributed by atoms with Crippen LogP contribution < -0.4 is 0 Å². The standard InChI is InChI=1S/C13H17NO5/c1-5(15)8-10-6-3-2-4-7(16)9(6)11(13(18)19)14(10)12(8)17/h5-8,10,15-16H,2-4H2,1H3,(H,18,19)/t5?,6-,7+,8-,10?/m1/s1. The molecule has 2 fully saturated rings. The van der Waals surface area contributed by atoms with E-state index in [1.807, 2.05) is 0 Å². The highest BCUT2D eigenvalue weighted by atomic mass is 16.4. The van der Waals surface area contributed by atoms with E-state index in [9.17, 15) is 24.9 Å². The van der Waals surface area contributed by atoms with E-state index in [0.29, 0.717) is 12.0 Å². The molecule has 0 aromatic rings. The van der Waals surface area contributed by atoms with Crippen LogP contribution in [0, 0.1) is 11.8 Å². The summed E-state index contributed by atoms with van der Waals surface area (Å²) >= 11 is 0. The van der Waals surface area contributed by atoms with Crippen molar-refractivity contribution >= 4 is 11.9 Å². The second kappa shape index (κ2) is 4.05. The first-order chi connectivity index (χ1) is 8.95. The van der Waals surface area contributed by atoms with Gasteiger partial charge in [0.2, 0.25) is 5.91 Å². The Kier molecular flexibility index (Phi) is 2.69. The number of aliphatic carboxylic acids is 1. The zero-order chi connectivity index (χ0) is 13.9. The number of β-lactam (4-membered cyclic amide) rings is 1. The van der Waals surface area contributed by atoms with Crippen molar-refractivity contribution < 1.29 is 24.9 Å². The highest BCUT2D eigenvalue weighted by Crippen LogP contribution is 2.52. The van der Waals surface area contributed by atoms with Gasteiger partial charge >= 0.3 is 5.97 Å². The van der Waals surface area contributed by atoms with E-state index in [1.165, 1.54) is 4.90 Å². The van der Waals surface area contributed by atoms with E-state index < -0.39 is 24.1 Å². The van der Waals surface area contributed by atoms with Gasteiger partial charge in [-0.15, -0.1) is 0 Å². The van der Waals surface area contributed by atoms with Gasteiger partial charge < -0.3 is 20.2 Å². The van der Waals surface area contributed by atoms with Crippen LogP contribution in [-0.2, 0) is 9.59 Å². The van der Waals surface area contributed by atoms with Crippen LogP contribution in [0.3, 0.4) is 0 Å². The second-order valence-electron chi connectivity index (χ2n) is 5.63. The zero-order valence-corrected chi connectivity index (χ0v) is 10.6. The minimum Gasteiger partial charge on any atom is -0.477 e. The lowest BCUT2D eigenvalue weighted by Crippen LogP contribution is -2.64. The van der Waals surface area contributed by atoms with Crippen LogP contribution in [0.25, 0.3) is 0 Å². The van der Waals surface area contributed by atoms with Crippen molar-refractivity contribution in [2.75, 3.05) is 0 Å². The lowest BCUT2D eigenvalue weighted by Gasteiger charge is -2.47. The lowest BCUT2D eigenvalue weighted by molar-refractivity contribution is -0.163. The van der Waals surface area contributed by atoms with E-state index in [0.717, 1.165) is 12.8 Å². The first-order valence-electron chi connectivity index (χ1n) is 6.61. The van der Waals surface area contributed by atoms with E-state index in [1.54, 1.807) is 6.92 Å². The molecule has 19 heavy (non-hydrogen) atoms. The fourth-order valence-corrected chi connectivity index (χ4v) is 3.86. The average Bonchev–Trinajstić information content (AvgIpc) is 2.61. The van der Waals surface area contributed by atoms with E-state index >= 15 is 0 Å². The maximum atomic E-state index is 12.0. The predicted octanol–water partition coefficient (Wildman–Crippen LogP) is -0.293. The fourth-order valence-electron chi connectivity index (χ4n) is 3.86. The van der Waals surface area contributed by atoms with Gasteiger partial charge in [0.25, 0.3) is 0 Å². The molecule has 1 amide bonds. The number of carboxylic acid groups (broad SMARTS) is 1. The molecule has 1 aliphatic carbocycles. The number of hydrogen-bond donors (Lipinski definition) is 3. The summed E-state index contributed by atoms with van der Waals surface area (Å²) < 4.78 is 0. The molecule has 1 saturated heterocycles. The molecule has 104 valence electrons. The van der Waals surface area contributed by atoms with Gasteiger partial charge in [0.15, 0.2) is 0 Å². The summed E-state index contributed by atoms with van der Waals surface area (Å²) in [6, 6.07) is -0.288. The number of carboxylic acids is 1. The van der Waals surface area contributed by atoms with Crippen LogP contribution in [0.15, 0.2) is 11.3 Å². The molecular weight excluding hydrogens is 250 g/mol. The third-order valence-electron chi connectivity index (χ3n) is 4.59. The maximum absolute atomic E-state index is 12.0. The van der Waals surface area contributed by atoms with Gasteiger partial charge in [-0.25, -0.2) is 4.79 Å². The largest absolute Gasteiger partial charge is 0.477 e. The number of carbonyl (C=O) groups excluding carboxylic acids is 1. The molecule has 0 spiro atoms. The van der Waals surface area contributed by atoms with Gasteiger partial charge in [0.05, 0.1) is 24.2 Å². The lowest BCUT2D eigenvalue weighted by atomic mass is 9.72. The molecule has 0 aromatic carbocycles. The molecule has 0 aromatic heterocycles. The van der Waals surface area contributed by atoms with Gasteiger partial charge in [0.1, 0.15) is 5.70 Å². The van der Waals surface area contributed by atoms with Crippen LogP contribution in [0.5, 0.6) is 0 Å². The molecule has 6 nitrogen and oxygen atoms in total. The first kappa shape index (κ1) is 12.6. The summed E-state index contributed by atoms with van der Waals surface area (Å²) in [5.41, 5.74) is 0.435. The second-order valence-corrected chi connectivity index (χ2v) is 5.63. The summed E-state index contributed by atoms with van der Waals surface area (Å²) in [7, 11) is 0. The average molecular weight is 267 g/mol. The third-order valence-corrected chi connectivity index (χ3v) is 4.59. The van der Waals surface area contributed by atoms with Crippen molar-refractivity contribution in [2.45, 2.75) is 44.4 Å².